The van der Waals surface area contributed by atoms with Crippen LogP contribution in [-0.4, -0.2) is 4.98 Å². The maximum absolute atomic E-state index is 5.78. The van der Waals surface area contributed by atoms with Crippen LogP contribution in [-0.2, 0) is 0 Å². The van der Waals surface area contributed by atoms with Gasteiger partial charge in [0.15, 0.2) is 0 Å². The Bertz CT molecular complexity index is 385. The Morgan fingerprint density at radius 3 is 2.69 bits per heavy atom. The van der Waals surface area contributed by atoms with Gasteiger partial charge in [-0.3, -0.25) is 4.98 Å². The fourth-order valence-electron chi connectivity index (χ4n) is 1.04. The summed E-state index contributed by atoms with van der Waals surface area (Å²) < 4.78 is 0. The third-order valence-electron chi connectivity index (χ3n) is 1.57. The molecule has 1 nitrogen and oxygen atoms in total. The molecule has 2 aromatic rings. The van der Waals surface area contributed by atoms with Gasteiger partial charge in [-0.2, -0.15) is 0 Å². The molecule has 0 aliphatic rings. The molecular weight excluding hydrogens is 182 g/mol. The summed E-state index contributed by atoms with van der Waals surface area (Å²) in [7, 11) is 0. The Morgan fingerprint density at radius 2 is 1.92 bits per heavy atom. The number of benzene rings is 1. The molecule has 2 rings (SSSR count). The fraction of sp³-hybridized carbons (Fsp3) is 0.182. The van der Waals surface area contributed by atoms with Crippen LogP contribution in [0.15, 0.2) is 36.5 Å². The number of hydrogen-bond donors (Lipinski definition) is 0. The average Bonchev–Trinajstić information content (AvgIpc) is 2.21. The van der Waals surface area contributed by atoms with Crippen molar-refractivity contribution in [2.24, 2.45) is 0 Å². The van der Waals surface area contributed by atoms with E-state index in [1.54, 1.807) is 6.20 Å². The molecule has 0 spiro atoms. The molecule has 0 saturated heterocycles. The molecule has 0 atom stereocenters. The predicted molar refractivity (Wildman–Crippen MR) is 58.1 cm³/mol. The first-order valence-electron chi connectivity index (χ1n) is 4.36. The maximum atomic E-state index is 5.78. The quantitative estimate of drug-likeness (QED) is 0.618. The maximum Gasteiger partial charge on any atom is 0.0716 e. The van der Waals surface area contributed by atoms with Crippen molar-refractivity contribution in [3.63, 3.8) is 0 Å². The number of rotatable bonds is 0. The van der Waals surface area contributed by atoms with Crippen molar-refractivity contribution < 1.29 is 0 Å². The molecular formula is C11H12ClN. The van der Waals surface area contributed by atoms with Gasteiger partial charge in [0.1, 0.15) is 0 Å². The standard InChI is InChI=1S/C9H6ClN.C2H6/c10-8-4-3-7-2-1-5-11-9(7)6-8;1-2/h1-6H;1-2H3. The highest BCUT2D eigenvalue weighted by Gasteiger charge is 1.92. The van der Waals surface area contributed by atoms with Crippen molar-refractivity contribution in [3.8, 4) is 0 Å². The van der Waals surface area contributed by atoms with E-state index in [4.69, 9.17) is 11.6 Å². The van der Waals surface area contributed by atoms with Crippen molar-refractivity contribution >= 4 is 22.5 Å². The molecule has 1 aromatic carbocycles. The zero-order chi connectivity index (χ0) is 9.68. The Morgan fingerprint density at radius 1 is 1.15 bits per heavy atom. The summed E-state index contributed by atoms with van der Waals surface area (Å²) in [5.41, 5.74) is 0.944. The van der Waals surface area contributed by atoms with E-state index < -0.39 is 0 Å². The number of fused-ring (bicyclic) bond motifs is 1. The minimum absolute atomic E-state index is 0.733. The van der Waals surface area contributed by atoms with Crippen LogP contribution >= 0.6 is 11.6 Å². The minimum Gasteiger partial charge on any atom is -0.256 e. The van der Waals surface area contributed by atoms with E-state index >= 15 is 0 Å². The van der Waals surface area contributed by atoms with E-state index in [9.17, 15) is 0 Å². The van der Waals surface area contributed by atoms with E-state index in [1.165, 1.54) is 0 Å². The molecule has 1 aromatic heterocycles. The van der Waals surface area contributed by atoms with Crippen LogP contribution in [0, 0.1) is 0 Å². The molecule has 0 fully saturated rings. The minimum atomic E-state index is 0.733. The van der Waals surface area contributed by atoms with Crippen molar-refractivity contribution in [2.75, 3.05) is 0 Å². The number of nitrogens with zero attached hydrogens (tertiary/aromatic N) is 1. The molecule has 0 N–H and O–H groups in total. The summed E-state index contributed by atoms with van der Waals surface area (Å²) in [5, 5.41) is 1.85. The molecule has 0 unspecified atom stereocenters. The van der Waals surface area contributed by atoms with Gasteiger partial charge in [-0.1, -0.05) is 37.6 Å². The van der Waals surface area contributed by atoms with Crippen LogP contribution in [0.2, 0.25) is 5.02 Å². The number of hydrogen-bond acceptors (Lipinski definition) is 1. The molecule has 0 aliphatic heterocycles. The lowest BCUT2D eigenvalue weighted by atomic mass is 10.2. The van der Waals surface area contributed by atoms with E-state index in [1.807, 2.05) is 44.2 Å². The van der Waals surface area contributed by atoms with Crippen molar-refractivity contribution in [2.45, 2.75) is 13.8 Å². The number of halogens is 1. The monoisotopic (exact) mass is 193 g/mol. The summed E-state index contributed by atoms with van der Waals surface area (Å²) in [6, 6.07) is 9.61. The zero-order valence-corrected chi connectivity index (χ0v) is 8.55. The van der Waals surface area contributed by atoms with E-state index in [0.29, 0.717) is 0 Å². The molecule has 0 bridgehead atoms. The Kier molecular flexibility index (Phi) is 3.71. The summed E-state index contributed by atoms with van der Waals surface area (Å²) in [4.78, 5) is 4.16. The largest absolute Gasteiger partial charge is 0.256 e. The van der Waals surface area contributed by atoms with Gasteiger partial charge in [0.05, 0.1) is 5.52 Å². The summed E-state index contributed by atoms with van der Waals surface area (Å²) in [6.07, 6.45) is 1.76. The lowest BCUT2D eigenvalue weighted by molar-refractivity contribution is 1.41. The lowest BCUT2D eigenvalue weighted by Gasteiger charge is -1.94. The zero-order valence-electron chi connectivity index (χ0n) is 7.79. The van der Waals surface area contributed by atoms with E-state index in [2.05, 4.69) is 4.98 Å². The summed E-state index contributed by atoms with van der Waals surface area (Å²) >= 11 is 5.78. The second-order valence-corrected chi connectivity index (χ2v) is 2.78. The first kappa shape index (κ1) is 10.0. The van der Waals surface area contributed by atoms with Crippen LogP contribution in [0.5, 0.6) is 0 Å². The second-order valence-electron chi connectivity index (χ2n) is 2.34. The molecule has 0 saturated carbocycles. The van der Waals surface area contributed by atoms with Crippen LogP contribution in [0.1, 0.15) is 13.8 Å². The first-order valence-corrected chi connectivity index (χ1v) is 4.74. The molecule has 0 amide bonds. The molecule has 1 heterocycles. The van der Waals surface area contributed by atoms with E-state index in [-0.39, 0.29) is 0 Å². The molecule has 13 heavy (non-hydrogen) atoms. The van der Waals surface area contributed by atoms with Crippen LogP contribution in [0.25, 0.3) is 10.9 Å². The smallest absolute Gasteiger partial charge is 0.0716 e. The van der Waals surface area contributed by atoms with Gasteiger partial charge in [0.2, 0.25) is 0 Å². The highest BCUT2D eigenvalue weighted by Crippen LogP contribution is 2.16. The Hall–Kier alpha value is -1.08. The van der Waals surface area contributed by atoms with Gasteiger partial charge in [-0.05, 0) is 18.2 Å². The number of aromatic nitrogens is 1. The van der Waals surface area contributed by atoms with Crippen LogP contribution < -0.4 is 0 Å². The highest BCUT2D eigenvalue weighted by atomic mass is 35.5. The van der Waals surface area contributed by atoms with Crippen molar-refractivity contribution in [1.82, 2.24) is 4.98 Å². The van der Waals surface area contributed by atoms with Crippen LogP contribution in [0.4, 0.5) is 0 Å². The van der Waals surface area contributed by atoms with Crippen molar-refractivity contribution in [3.05, 3.63) is 41.6 Å². The lowest BCUT2D eigenvalue weighted by Crippen LogP contribution is -1.75. The molecule has 68 valence electrons. The fourth-order valence-corrected chi connectivity index (χ4v) is 1.21. The normalized spacial score (nSPS) is 9.15. The average molecular weight is 194 g/mol. The highest BCUT2D eigenvalue weighted by molar-refractivity contribution is 6.31. The van der Waals surface area contributed by atoms with Gasteiger partial charge in [-0.25, -0.2) is 0 Å². The molecule has 2 heteroatoms. The first-order chi connectivity index (χ1) is 6.36. The third kappa shape index (κ3) is 2.43. The topological polar surface area (TPSA) is 12.9 Å². The number of pyridine rings is 1. The molecule has 0 radical (unpaired) electrons. The summed E-state index contributed by atoms with van der Waals surface area (Å²) in [6.45, 7) is 4.00. The second kappa shape index (κ2) is 4.83. The third-order valence-corrected chi connectivity index (χ3v) is 1.80. The summed E-state index contributed by atoms with van der Waals surface area (Å²) in [5.74, 6) is 0. The van der Waals surface area contributed by atoms with Gasteiger partial charge < -0.3 is 0 Å². The van der Waals surface area contributed by atoms with Gasteiger partial charge >= 0.3 is 0 Å². The van der Waals surface area contributed by atoms with Gasteiger partial charge in [-0.15, -0.1) is 0 Å². The van der Waals surface area contributed by atoms with E-state index in [0.717, 1.165) is 15.9 Å². The SMILES string of the molecule is CC.Clc1ccc2cccnc2c1. The Labute approximate surface area is 83.4 Å². The predicted octanol–water partition coefficient (Wildman–Crippen LogP) is 3.91. The van der Waals surface area contributed by atoms with Gasteiger partial charge in [0.25, 0.3) is 0 Å². The van der Waals surface area contributed by atoms with Crippen LogP contribution in [0.3, 0.4) is 0 Å². The Balaban J connectivity index is 0.000000396. The molecule has 0 aliphatic carbocycles. The van der Waals surface area contributed by atoms with Crippen molar-refractivity contribution in [1.29, 1.82) is 0 Å². The van der Waals surface area contributed by atoms with Gasteiger partial charge in [0, 0.05) is 16.6 Å².